The second-order valence-corrected chi connectivity index (χ2v) is 7.93. The van der Waals surface area contributed by atoms with E-state index in [4.69, 9.17) is 9.73 Å². The lowest BCUT2D eigenvalue weighted by Gasteiger charge is -2.24. The Bertz CT molecular complexity index is 595. The molecule has 2 N–H and O–H groups in total. The molecule has 0 radical (unpaired) electrons. The van der Waals surface area contributed by atoms with Gasteiger partial charge < -0.3 is 15.4 Å². The van der Waals surface area contributed by atoms with Crippen LogP contribution in [-0.2, 0) is 6.54 Å². The Morgan fingerprint density at radius 2 is 2.11 bits per heavy atom. The highest BCUT2D eigenvalue weighted by atomic mass is 16.5. The van der Waals surface area contributed by atoms with Crippen LogP contribution in [0, 0.1) is 0 Å². The summed E-state index contributed by atoms with van der Waals surface area (Å²) in [4.78, 5) is 11.8. The van der Waals surface area contributed by atoms with Crippen molar-refractivity contribution in [1.82, 2.24) is 20.5 Å². The summed E-state index contributed by atoms with van der Waals surface area (Å²) in [5, 5.41) is 7.01. The molecule has 2 fully saturated rings. The average molecular weight is 374 g/mol. The number of hydrogen-bond acceptors (Lipinski definition) is 4. The molecule has 0 aromatic carbocycles. The van der Waals surface area contributed by atoms with Gasteiger partial charge in [-0.2, -0.15) is 0 Å². The van der Waals surface area contributed by atoms with Crippen LogP contribution in [0.5, 0.6) is 5.88 Å². The van der Waals surface area contributed by atoms with Crippen LogP contribution in [-0.4, -0.2) is 53.7 Å². The van der Waals surface area contributed by atoms with Crippen molar-refractivity contribution in [1.29, 1.82) is 0 Å². The van der Waals surface area contributed by atoms with E-state index in [9.17, 15) is 0 Å². The molecular weight excluding hydrogens is 338 g/mol. The number of aliphatic imine (C=N–C) groups is 1. The van der Waals surface area contributed by atoms with Crippen molar-refractivity contribution in [2.75, 3.05) is 19.6 Å². The van der Waals surface area contributed by atoms with Gasteiger partial charge in [-0.15, -0.1) is 0 Å². The summed E-state index contributed by atoms with van der Waals surface area (Å²) in [5.41, 5.74) is 1.09. The second kappa shape index (κ2) is 9.93. The molecule has 2 aliphatic rings. The molecule has 1 aromatic rings. The molecular formula is C21H35N5O. The van der Waals surface area contributed by atoms with Crippen LogP contribution in [0.4, 0.5) is 0 Å². The van der Waals surface area contributed by atoms with Gasteiger partial charge in [0.05, 0.1) is 12.6 Å². The summed E-state index contributed by atoms with van der Waals surface area (Å²) < 4.78 is 5.60. The first-order valence-corrected chi connectivity index (χ1v) is 10.5. The second-order valence-electron chi connectivity index (χ2n) is 7.93. The minimum Gasteiger partial charge on any atom is -0.475 e. The van der Waals surface area contributed by atoms with Crippen molar-refractivity contribution in [3.05, 3.63) is 23.9 Å². The van der Waals surface area contributed by atoms with Gasteiger partial charge in [-0.25, -0.2) is 9.98 Å². The fourth-order valence-corrected chi connectivity index (χ4v) is 4.01. The Labute approximate surface area is 163 Å². The van der Waals surface area contributed by atoms with E-state index in [1.54, 1.807) is 0 Å². The molecule has 6 nitrogen and oxygen atoms in total. The summed E-state index contributed by atoms with van der Waals surface area (Å²) in [6.45, 7) is 9.95. The molecule has 1 aliphatic heterocycles. The molecule has 1 unspecified atom stereocenters. The normalized spacial score (nSPS) is 21.8. The number of pyridine rings is 1. The molecule has 6 heteroatoms. The van der Waals surface area contributed by atoms with Crippen LogP contribution >= 0.6 is 0 Å². The maximum Gasteiger partial charge on any atom is 0.213 e. The Kier molecular flexibility index (Phi) is 7.33. The first-order chi connectivity index (χ1) is 13.1. The molecule has 27 heavy (non-hydrogen) atoms. The zero-order valence-electron chi connectivity index (χ0n) is 17.1. The van der Waals surface area contributed by atoms with Gasteiger partial charge in [0, 0.05) is 44.0 Å². The Hall–Kier alpha value is -1.82. The number of rotatable bonds is 7. The summed E-state index contributed by atoms with van der Waals surface area (Å²) in [5.74, 6) is 1.57. The number of hydrogen-bond donors (Lipinski definition) is 2. The van der Waals surface area contributed by atoms with E-state index in [1.165, 1.54) is 38.6 Å². The number of aromatic nitrogens is 1. The summed E-state index contributed by atoms with van der Waals surface area (Å²) in [6, 6.07) is 5.26. The van der Waals surface area contributed by atoms with E-state index in [1.807, 2.05) is 32.2 Å². The predicted octanol–water partition coefficient (Wildman–Crippen LogP) is 2.94. The smallest absolute Gasteiger partial charge is 0.213 e. The fraction of sp³-hybridized carbons (Fsp3) is 0.714. The lowest BCUT2D eigenvalue weighted by Crippen LogP contribution is -2.45. The lowest BCUT2D eigenvalue weighted by atomic mass is 10.2. The number of ether oxygens (including phenoxy) is 1. The highest BCUT2D eigenvalue weighted by Gasteiger charge is 2.30. The first kappa shape index (κ1) is 19.9. The molecule has 3 rings (SSSR count). The van der Waals surface area contributed by atoms with Crippen molar-refractivity contribution in [3.63, 3.8) is 0 Å². The first-order valence-electron chi connectivity index (χ1n) is 10.5. The van der Waals surface area contributed by atoms with Gasteiger partial charge in [-0.1, -0.05) is 18.9 Å². The molecule has 1 atom stereocenters. The third-order valence-corrected chi connectivity index (χ3v) is 5.32. The predicted molar refractivity (Wildman–Crippen MR) is 110 cm³/mol. The minimum absolute atomic E-state index is 0.140. The summed E-state index contributed by atoms with van der Waals surface area (Å²) >= 11 is 0. The zero-order chi connectivity index (χ0) is 19.1. The summed E-state index contributed by atoms with van der Waals surface area (Å²) in [6.07, 6.45) is 8.75. The van der Waals surface area contributed by atoms with Crippen molar-refractivity contribution in [2.24, 2.45) is 4.99 Å². The number of nitrogens with zero attached hydrogens (tertiary/aromatic N) is 3. The van der Waals surface area contributed by atoms with E-state index in [0.29, 0.717) is 18.5 Å². The molecule has 150 valence electrons. The third kappa shape index (κ3) is 6.09. The van der Waals surface area contributed by atoms with Crippen molar-refractivity contribution in [3.8, 4) is 5.88 Å². The van der Waals surface area contributed by atoms with Gasteiger partial charge in [0.15, 0.2) is 5.96 Å². The van der Waals surface area contributed by atoms with Crippen LogP contribution in [0.15, 0.2) is 23.3 Å². The van der Waals surface area contributed by atoms with E-state index in [0.717, 1.165) is 30.7 Å². The van der Waals surface area contributed by atoms with Gasteiger partial charge in [0.25, 0.3) is 0 Å². The zero-order valence-corrected chi connectivity index (χ0v) is 17.1. The van der Waals surface area contributed by atoms with E-state index in [-0.39, 0.29) is 6.10 Å². The maximum absolute atomic E-state index is 5.60. The van der Waals surface area contributed by atoms with Crippen LogP contribution in [0.2, 0.25) is 0 Å². The Morgan fingerprint density at radius 1 is 1.30 bits per heavy atom. The molecule has 1 saturated heterocycles. The SMILES string of the molecule is CCNC(=NCc1ccc(OC(C)C)nc1)NC1CCN(C2CCCC2)C1. The molecule has 1 aliphatic carbocycles. The molecule has 0 amide bonds. The summed E-state index contributed by atoms with van der Waals surface area (Å²) in [7, 11) is 0. The average Bonchev–Trinajstić information content (AvgIpc) is 3.32. The Morgan fingerprint density at radius 3 is 2.78 bits per heavy atom. The quantitative estimate of drug-likeness (QED) is 0.568. The van der Waals surface area contributed by atoms with E-state index >= 15 is 0 Å². The van der Waals surface area contributed by atoms with Crippen LogP contribution < -0.4 is 15.4 Å². The molecule has 1 saturated carbocycles. The molecule has 0 spiro atoms. The van der Waals surface area contributed by atoms with Gasteiger partial charge >= 0.3 is 0 Å². The van der Waals surface area contributed by atoms with Crippen molar-refractivity contribution < 1.29 is 4.74 Å². The van der Waals surface area contributed by atoms with Gasteiger partial charge in [-0.3, -0.25) is 4.90 Å². The number of nitrogens with one attached hydrogen (secondary N) is 2. The number of likely N-dealkylation sites (tertiary alicyclic amines) is 1. The molecule has 0 bridgehead atoms. The number of guanidine groups is 1. The monoisotopic (exact) mass is 373 g/mol. The minimum atomic E-state index is 0.140. The van der Waals surface area contributed by atoms with Gasteiger partial charge in [-0.05, 0) is 45.6 Å². The van der Waals surface area contributed by atoms with E-state index < -0.39 is 0 Å². The topological polar surface area (TPSA) is 61.8 Å². The lowest BCUT2D eigenvalue weighted by molar-refractivity contribution is 0.232. The van der Waals surface area contributed by atoms with Crippen molar-refractivity contribution >= 4 is 5.96 Å². The highest BCUT2D eigenvalue weighted by Crippen LogP contribution is 2.26. The Balaban J connectivity index is 1.52. The highest BCUT2D eigenvalue weighted by molar-refractivity contribution is 5.80. The largest absolute Gasteiger partial charge is 0.475 e. The van der Waals surface area contributed by atoms with Crippen LogP contribution in [0.1, 0.15) is 58.4 Å². The van der Waals surface area contributed by atoms with Crippen molar-refractivity contribution in [2.45, 2.75) is 77.6 Å². The van der Waals surface area contributed by atoms with Gasteiger partial charge in [0.1, 0.15) is 0 Å². The third-order valence-electron chi connectivity index (χ3n) is 5.32. The standard InChI is InChI=1S/C21H35N5O/c1-4-22-21(24-14-17-9-10-20(23-13-17)27-16(2)3)25-18-11-12-26(15-18)19-7-5-6-8-19/h9-10,13,16,18-19H,4-8,11-12,14-15H2,1-3H3,(H2,22,24,25). The maximum atomic E-state index is 5.60. The van der Waals surface area contributed by atoms with Gasteiger partial charge in [0.2, 0.25) is 5.88 Å². The molecule has 1 aromatic heterocycles. The van der Waals surface area contributed by atoms with Crippen LogP contribution in [0.3, 0.4) is 0 Å². The fourth-order valence-electron chi connectivity index (χ4n) is 4.01. The van der Waals surface area contributed by atoms with Crippen LogP contribution in [0.25, 0.3) is 0 Å². The van der Waals surface area contributed by atoms with E-state index in [2.05, 4.69) is 27.4 Å². The molecule has 2 heterocycles.